The summed E-state index contributed by atoms with van der Waals surface area (Å²) in [6.07, 6.45) is 5.61. The summed E-state index contributed by atoms with van der Waals surface area (Å²) in [6.45, 7) is 1.92. The van der Waals surface area contributed by atoms with Gasteiger partial charge in [-0.1, -0.05) is 6.42 Å². The largest absolute Gasteiger partial charge is 0.496 e. The first-order valence-corrected chi connectivity index (χ1v) is 8.82. The Balaban J connectivity index is 0.00000225. The zero-order chi connectivity index (χ0) is 17.3. The summed E-state index contributed by atoms with van der Waals surface area (Å²) in [5.74, 6) is 2.30. The van der Waals surface area contributed by atoms with Crippen LogP contribution in [-0.4, -0.2) is 32.2 Å². The van der Waals surface area contributed by atoms with Gasteiger partial charge in [0.25, 0.3) is 5.91 Å². The van der Waals surface area contributed by atoms with Crippen molar-refractivity contribution in [2.45, 2.75) is 51.1 Å². The summed E-state index contributed by atoms with van der Waals surface area (Å²) < 4.78 is 10.8. The van der Waals surface area contributed by atoms with Crippen LogP contribution in [0.25, 0.3) is 0 Å². The van der Waals surface area contributed by atoms with Gasteiger partial charge < -0.3 is 20.5 Å². The third-order valence-corrected chi connectivity index (χ3v) is 5.69. The molecule has 2 atom stereocenters. The molecule has 3 N–H and O–H groups in total. The maximum Gasteiger partial charge on any atom is 0.251 e. The van der Waals surface area contributed by atoms with Gasteiger partial charge in [-0.2, -0.15) is 0 Å². The number of hydrogen-bond acceptors (Lipinski definition) is 4. The van der Waals surface area contributed by atoms with Crippen molar-refractivity contribution in [1.29, 1.82) is 0 Å². The van der Waals surface area contributed by atoms with Crippen LogP contribution in [-0.2, 0) is 0 Å². The van der Waals surface area contributed by atoms with Crippen LogP contribution in [0, 0.1) is 18.8 Å². The number of nitrogens with one attached hydrogen (secondary N) is 1. The number of benzene rings is 1. The van der Waals surface area contributed by atoms with Gasteiger partial charge in [0.05, 0.1) is 14.2 Å². The predicted octanol–water partition coefficient (Wildman–Crippen LogP) is 3.07. The average molecular weight is 369 g/mol. The second-order valence-corrected chi connectivity index (χ2v) is 7.19. The molecule has 0 aromatic heterocycles. The number of halogens is 1. The van der Waals surface area contributed by atoms with Gasteiger partial charge in [-0.3, -0.25) is 4.79 Å². The van der Waals surface area contributed by atoms with E-state index >= 15 is 0 Å². The van der Waals surface area contributed by atoms with E-state index in [9.17, 15) is 4.79 Å². The summed E-state index contributed by atoms with van der Waals surface area (Å²) in [5.41, 5.74) is 7.66. The molecule has 5 nitrogen and oxygen atoms in total. The molecule has 140 valence electrons. The molecule has 2 aliphatic carbocycles. The SMILES string of the molecule is COc1cc(C(=O)NC2C3CCCC2CC(N)C3)cc(OC)c1C.Cl. The number of ether oxygens (including phenoxy) is 2. The monoisotopic (exact) mass is 368 g/mol. The van der Waals surface area contributed by atoms with Gasteiger partial charge in [0, 0.05) is 23.2 Å². The Bertz CT molecular complexity index is 584. The van der Waals surface area contributed by atoms with Crippen molar-refractivity contribution in [2.24, 2.45) is 17.6 Å². The molecule has 0 saturated heterocycles. The van der Waals surface area contributed by atoms with Crippen molar-refractivity contribution in [3.8, 4) is 11.5 Å². The van der Waals surface area contributed by atoms with Crippen LogP contribution in [0.1, 0.15) is 48.0 Å². The minimum atomic E-state index is -0.0519. The van der Waals surface area contributed by atoms with E-state index < -0.39 is 0 Å². The highest BCUT2D eigenvalue weighted by Gasteiger charge is 2.40. The number of methoxy groups -OCH3 is 2. The molecule has 6 heteroatoms. The number of carbonyl (C=O) groups is 1. The van der Waals surface area contributed by atoms with Crippen molar-refractivity contribution < 1.29 is 14.3 Å². The molecule has 2 saturated carbocycles. The van der Waals surface area contributed by atoms with Crippen LogP contribution < -0.4 is 20.5 Å². The molecule has 0 aliphatic heterocycles. The number of amides is 1. The molecule has 1 aromatic rings. The van der Waals surface area contributed by atoms with E-state index in [2.05, 4.69) is 5.32 Å². The van der Waals surface area contributed by atoms with E-state index in [4.69, 9.17) is 15.2 Å². The molecule has 25 heavy (non-hydrogen) atoms. The Morgan fingerprint density at radius 1 is 1.12 bits per heavy atom. The number of nitrogens with two attached hydrogens (primary N) is 1. The van der Waals surface area contributed by atoms with Crippen molar-refractivity contribution in [1.82, 2.24) is 5.32 Å². The second kappa shape index (κ2) is 8.28. The zero-order valence-corrected chi connectivity index (χ0v) is 16.0. The Morgan fingerprint density at radius 3 is 2.12 bits per heavy atom. The first-order valence-electron chi connectivity index (χ1n) is 8.82. The highest BCUT2D eigenvalue weighted by atomic mass is 35.5. The highest BCUT2D eigenvalue weighted by Crippen LogP contribution is 2.40. The van der Waals surface area contributed by atoms with Gasteiger partial charge >= 0.3 is 0 Å². The van der Waals surface area contributed by atoms with Gasteiger partial charge in [0.2, 0.25) is 0 Å². The Morgan fingerprint density at radius 2 is 1.64 bits per heavy atom. The molecular formula is C19H29ClN2O3. The van der Waals surface area contributed by atoms with Crippen molar-refractivity contribution >= 4 is 18.3 Å². The summed E-state index contributed by atoms with van der Waals surface area (Å²) >= 11 is 0. The molecule has 0 radical (unpaired) electrons. The minimum absolute atomic E-state index is 0. The van der Waals surface area contributed by atoms with E-state index in [0.29, 0.717) is 28.9 Å². The van der Waals surface area contributed by atoms with Crippen LogP contribution >= 0.6 is 12.4 Å². The average Bonchev–Trinajstić information content (AvgIpc) is 2.55. The van der Waals surface area contributed by atoms with Crippen LogP contribution in [0.2, 0.25) is 0 Å². The van der Waals surface area contributed by atoms with Gasteiger partial charge in [-0.15, -0.1) is 12.4 Å². The number of rotatable bonds is 4. The topological polar surface area (TPSA) is 73.6 Å². The van der Waals surface area contributed by atoms with Crippen LogP contribution in [0.4, 0.5) is 0 Å². The standard InChI is InChI=1S/C19H28N2O3.ClH/c1-11-16(23-2)9-14(10-17(11)24-3)19(22)21-18-12-5-4-6-13(18)8-15(20)7-12;/h9-10,12-13,15,18H,4-8,20H2,1-3H3,(H,21,22);1H. The fourth-order valence-corrected chi connectivity index (χ4v) is 4.48. The lowest BCUT2D eigenvalue weighted by Gasteiger charge is -2.45. The molecule has 1 aromatic carbocycles. The number of hydrogen-bond donors (Lipinski definition) is 2. The first-order chi connectivity index (χ1) is 11.5. The molecule has 2 unspecified atom stereocenters. The summed E-state index contributed by atoms with van der Waals surface area (Å²) in [5, 5.41) is 3.27. The second-order valence-electron chi connectivity index (χ2n) is 7.19. The lowest BCUT2D eigenvalue weighted by molar-refractivity contribution is 0.0755. The lowest BCUT2D eigenvalue weighted by Crippen LogP contribution is -2.53. The van der Waals surface area contributed by atoms with Crippen molar-refractivity contribution in [2.75, 3.05) is 14.2 Å². The Kier molecular flexibility index (Phi) is 6.58. The summed E-state index contributed by atoms with van der Waals surface area (Å²) in [4.78, 5) is 12.8. The maximum absolute atomic E-state index is 12.8. The molecule has 0 spiro atoms. The van der Waals surface area contributed by atoms with Gasteiger partial charge in [0.15, 0.2) is 0 Å². The zero-order valence-electron chi connectivity index (χ0n) is 15.2. The van der Waals surface area contributed by atoms with Crippen LogP contribution in [0.15, 0.2) is 12.1 Å². The quantitative estimate of drug-likeness (QED) is 0.856. The molecular weight excluding hydrogens is 340 g/mol. The van der Waals surface area contributed by atoms with E-state index in [1.165, 1.54) is 6.42 Å². The fourth-order valence-electron chi connectivity index (χ4n) is 4.48. The number of carbonyl (C=O) groups excluding carboxylic acids is 1. The third kappa shape index (κ3) is 4.04. The molecule has 2 aliphatic rings. The molecule has 0 heterocycles. The van der Waals surface area contributed by atoms with Crippen LogP contribution in [0.5, 0.6) is 11.5 Å². The van der Waals surface area contributed by atoms with E-state index in [1.807, 2.05) is 6.92 Å². The minimum Gasteiger partial charge on any atom is -0.496 e. The maximum atomic E-state index is 12.8. The smallest absolute Gasteiger partial charge is 0.251 e. The normalized spacial score (nSPS) is 27.8. The van der Waals surface area contributed by atoms with E-state index in [-0.39, 0.29) is 30.4 Å². The highest BCUT2D eigenvalue weighted by molar-refractivity contribution is 5.95. The van der Waals surface area contributed by atoms with Crippen LogP contribution in [0.3, 0.4) is 0 Å². The van der Waals surface area contributed by atoms with E-state index in [1.54, 1.807) is 26.4 Å². The van der Waals surface area contributed by atoms with Crippen molar-refractivity contribution in [3.05, 3.63) is 23.3 Å². The van der Waals surface area contributed by atoms with Crippen molar-refractivity contribution in [3.63, 3.8) is 0 Å². The van der Waals surface area contributed by atoms with Gasteiger partial charge in [-0.25, -0.2) is 0 Å². The Hall–Kier alpha value is -1.46. The first kappa shape index (κ1) is 19.9. The number of fused-ring (bicyclic) bond motifs is 2. The molecule has 1 amide bonds. The fraction of sp³-hybridized carbons (Fsp3) is 0.632. The summed E-state index contributed by atoms with van der Waals surface area (Å²) in [7, 11) is 3.22. The molecule has 2 fully saturated rings. The lowest BCUT2D eigenvalue weighted by atomic mass is 9.67. The summed E-state index contributed by atoms with van der Waals surface area (Å²) in [6, 6.07) is 4.10. The third-order valence-electron chi connectivity index (χ3n) is 5.69. The van der Waals surface area contributed by atoms with Gasteiger partial charge in [-0.05, 0) is 56.6 Å². The molecule has 3 rings (SSSR count). The van der Waals surface area contributed by atoms with Gasteiger partial charge in [0.1, 0.15) is 11.5 Å². The van der Waals surface area contributed by atoms with E-state index in [0.717, 1.165) is 31.2 Å². The Labute approximate surface area is 156 Å². The molecule has 2 bridgehead atoms. The predicted molar refractivity (Wildman–Crippen MR) is 101 cm³/mol.